The molecule has 0 aliphatic carbocycles. The molecule has 0 fully saturated rings. The van der Waals surface area contributed by atoms with E-state index in [2.05, 4.69) is 19.7 Å². The van der Waals surface area contributed by atoms with Crippen LogP contribution in [0.1, 0.15) is 28.8 Å². The van der Waals surface area contributed by atoms with Gasteiger partial charge in [0.1, 0.15) is 10.5 Å². The van der Waals surface area contributed by atoms with Gasteiger partial charge in [-0.05, 0) is 18.7 Å². The van der Waals surface area contributed by atoms with E-state index in [4.69, 9.17) is 5.73 Å². The molecule has 0 spiro atoms. The molecule has 0 saturated heterocycles. The van der Waals surface area contributed by atoms with Gasteiger partial charge in [-0.2, -0.15) is 31.3 Å². The maximum Gasteiger partial charge on any atom is 0.392 e. The molecule has 0 radical (unpaired) electrons. The third-order valence-corrected chi connectivity index (χ3v) is 7.52. The number of aromatic nitrogens is 4. The van der Waals surface area contributed by atoms with Crippen molar-refractivity contribution in [3.05, 3.63) is 41.7 Å². The molecule has 3 aromatic rings. The van der Waals surface area contributed by atoms with Gasteiger partial charge >= 0.3 is 19.9 Å². The van der Waals surface area contributed by atoms with Gasteiger partial charge in [0.05, 0.1) is 25.8 Å². The summed E-state index contributed by atoms with van der Waals surface area (Å²) in [5.41, 5.74) is 7.00. The number of aryl methyl sites for hydroxylation is 1. The Morgan fingerprint density at radius 2 is 1.66 bits per heavy atom. The fourth-order valence-corrected chi connectivity index (χ4v) is 5.26. The Kier molecular flexibility index (Phi) is 8.48. The largest absolute Gasteiger partial charge is 0.392 e. The Morgan fingerprint density at radius 3 is 2.18 bits per heavy atom. The molecule has 0 amide bonds. The molecule has 4 N–H and O–H groups in total. The highest BCUT2D eigenvalue weighted by atomic mass is 32.2. The topological polar surface area (TPSA) is 153 Å². The minimum absolute atomic E-state index is 0.0336. The quantitative estimate of drug-likeness (QED) is 0.142. The van der Waals surface area contributed by atoms with Gasteiger partial charge in [0.15, 0.2) is 11.0 Å². The Balaban J connectivity index is 1.86. The number of alkyl halides is 6. The smallest absolute Gasteiger partial charge is 0.368 e. The highest BCUT2D eigenvalue weighted by molar-refractivity contribution is 8.14. The van der Waals surface area contributed by atoms with E-state index < -0.39 is 56.4 Å². The van der Waals surface area contributed by atoms with Gasteiger partial charge in [-0.25, -0.2) is 9.97 Å². The molecule has 2 aromatic heterocycles. The number of rotatable bonds is 9. The number of benzene rings is 1. The number of ether oxygens (including phenoxy) is 1. The van der Waals surface area contributed by atoms with Gasteiger partial charge in [-0.1, -0.05) is 29.8 Å². The number of thioether (sulfide) groups is 1. The van der Waals surface area contributed by atoms with Crippen LogP contribution in [0.15, 0.2) is 35.6 Å². The van der Waals surface area contributed by atoms with Gasteiger partial charge < -0.3 is 24.8 Å². The van der Waals surface area contributed by atoms with Gasteiger partial charge in [0.25, 0.3) is 0 Å². The minimum atomic E-state index is -6.09. The summed E-state index contributed by atoms with van der Waals surface area (Å²) in [6.45, 7) is 0.334. The van der Waals surface area contributed by atoms with Crippen molar-refractivity contribution in [2.45, 2.75) is 49.0 Å². The summed E-state index contributed by atoms with van der Waals surface area (Å²) in [6, 6.07) is 6.64. The molecule has 18 heteroatoms. The summed E-state index contributed by atoms with van der Waals surface area (Å²) < 4.78 is 95.8. The monoisotopic (exact) mass is 587 g/mol. The third kappa shape index (κ3) is 7.44. The number of carbonyl (C=O) groups is 1. The Hall–Kier alpha value is -2.72. The molecule has 2 heterocycles. The van der Waals surface area contributed by atoms with E-state index in [1.165, 1.54) is 0 Å². The molecule has 38 heavy (non-hydrogen) atoms. The van der Waals surface area contributed by atoms with Crippen molar-refractivity contribution in [1.82, 2.24) is 19.5 Å². The predicted molar refractivity (Wildman–Crippen MR) is 123 cm³/mol. The van der Waals surface area contributed by atoms with E-state index in [0.717, 1.165) is 16.5 Å². The lowest BCUT2D eigenvalue weighted by Crippen LogP contribution is -2.42. The van der Waals surface area contributed by atoms with E-state index in [1.54, 1.807) is 24.3 Å². The van der Waals surface area contributed by atoms with Crippen LogP contribution >= 0.6 is 19.4 Å². The van der Waals surface area contributed by atoms with Gasteiger partial charge in [0, 0.05) is 12.1 Å². The van der Waals surface area contributed by atoms with E-state index in [9.17, 15) is 45.5 Å². The molecule has 0 saturated carbocycles. The summed E-state index contributed by atoms with van der Waals surface area (Å²) in [4.78, 5) is 43.5. The van der Waals surface area contributed by atoms with Crippen LogP contribution in [0, 0.1) is 6.92 Å². The van der Waals surface area contributed by atoms with Crippen molar-refractivity contribution in [1.29, 1.82) is 0 Å². The van der Waals surface area contributed by atoms with Crippen LogP contribution in [0.2, 0.25) is 0 Å². The van der Waals surface area contributed by atoms with E-state index in [0.29, 0.717) is 17.3 Å². The molecular formula is C20H20F6N5O5PS. The van der Waals surface area contributed by atoms with Crippen molar-refractivity contribution < 1.29 is 50.2 Å². The van der Waals surface area contributed by atoms with Crippen LogP contribution in [0.3, 0.4) is 0 Å². The first kappa shape index (κ1) is 29.8. The Labute approximate surface area is 214 Å². The number of anilines is 1. The fraction of sp³-hybridized carbons (Fsp3) is 0.400. The van der Waals surface area contributed by atoms with Crippen LogP contribution < -0.4 is 5.73 Å². The number of nitrogens with zero attached hydrogens (tertiary/aromatic N) is 4. The molecule has 0 atom stereocenters. The zero-order valence-electron chi connectivity index (χ0n) is 19.3. The van der Waals surface area contributed by atoms with Crippen LogP contribution in [-0.4, -0.2) is 58.7 Å². The number of nitrogen functional groups attached to an aromatic ring is 1. The highest BCUT2D eigenvalue weighted by Gasteiger charge is 2.59. The van der Waals surface area contributed by atoms with Crippen molar-refractivity contribution in [2.24, 2.45) is 0 Å². The van der Waals surface area contributed by atoms with Crippen molar-refractivity contribution in [3.63, 3.8) is 0 Å². The first-order valence-corrected chi connectivity index (χ1v) is 12.9. The number of imidazole rings is 1. The van der Waals surface area contributed by atoms with Gasteiger partial charge in [0.2, 0.25) is 11.1 Å². The van der Waals surface area contributed by atoms with Crippen LogP contribution in [0.5, 0.6) is 0 Å². The standard InChI is InChI=1S/C20H20F6N5O5PS/c1-11-2-4-12(5-3-11)16(32)38-15-13-14(29-17(27)30-15)31(10-28-13)6-7-36-18(37(33,34)35,8-19(21,22)23)9-20(24,25)26/h2-5,10H,6-9H2,1H3,(H2,27,29,30)(H2,33,34,35). The van der Waals surface area contributed by atoms with Crippen molar-refractivity contribution in [2.75, 3.05) is 12.3 Å². The Morgan fingerprint density at radius 1 is 1.08 bits per heavy atom. The molecule has 0 unspecified atom stereocenters. The summed E-state index contributed by atoms with van der Waals surface area (Å²) >= 11 is 0.674. The van der Waals surface area contributed by atoms with E-state index in [-0.39, 0.29) is 22.1 Å². The molecular weight excluding hydrogens is 567 g/mol. The predicted octanol–water partition coefficient (Wildman–Crippen LogP) is 4.44. The van der Waals surface area contributed by atoms with Crippen molar-refractivity contribution >= 4 is 41.6 Å². The lowest BCUT2D eigenvalue weighted by atomic mass is 10.1. The van der Waals surface area contributed by atoms with Crippen LogP contribution in [0.25, 0.3) is 11.2 Å². The molecule has 0 bridgehead atoms. The second-order valence-electron chi connectivity index (χ2n) is 8.18. The van der Waals surface area contributed by atoms with Gasteiger partial charge in [-0.3, -0.25) is 9.36 Å². The Bertz CT molecular complexity index is 1340. The SMILES string of the molecule is Cc1ccc(C(=O)Sc2nc(N)nc3c2ncn3CCOC(CC(F)(F)F)(CC(F)(F)F)P(=O)(O)O)cc1. The van der Waals surface area contributed by atoms with Gasteiger partial charge in [-0.15, -0.1) is 0 Å². The number of hydrogen-bond acceptors (Lipinski definition) is 8. The average Bonchev–Trinajstić information content (AvgIpc) is 3.14. The molecule has 0 aliphatic heterocycles. The number of halogens is 6. The second kappa shape index (κ2) is 10.8. The number of hydrogen-bond donors (Lipinski definition) is 3. The van der Waals surface area contributed by atoms with E-state index in [1.807, 2.05) is 6.92 Å². The molecule has 0 aliphatic rings. The normalized spacial score (nSPS) is 13.3. The lowest BCUT2D eigenvalue weighted by molar-refractivity contribution is -0.211. The first-order chi connectivity index (χ1) is 17.4. The van der Waals surface area contributed by atoms with Crippen LogP contribution in [-0.2, 0) is 15.8 Å². The number of carbonyl (C=O) groups excluding carboxylic acids is 1. The molecule has 208 valence electrons. The first-order valence-electron chi connectivity index (χ1n) is 10.5. The van der Waals surface area contributed by atoms with E-state index >= 15 is 0 Å². The molecule has 3 rings (SSSR count). The minimum Gasteiger partial charge on any atom is -0.368 e. The number of nitrogens with two attached hydrogens (primary N) is 1. The summed E-state index contributed by atoms with van der Waals surface area (Å²) in [7, 11) is -6.09. The maximum absolute atomic E-state index is 13.0. The fourth-order valence-electron chi connectivity index (χ4n) is 3.42. The van der Waals surface area contributed by atoms with Crippen LogP contribution in [0.4, 0.5) is 32.3 Å². The number of fused-ring (bicyclic) bond motifs is 1. The third-order valence-electron chi connectivity index (χ3n) is 5.11. The maximum atomic E-state index is 13.0. The average molecular weight is 587 g/mol. The highest BCUT2D eigenvalue weighted by Crippen LogP contribution is 2.60. The summed E-state index contributed by atoms with van der Waals surface area (Å²) in [5, 5.41) is -4.26. The lowest BCUT2D eigenvalue weighted by Gasteiger charge is -2.35. The van der Waals surface area contributed by atoms with Crippen molar-refractivity contribution in [3.8, 4) is 0 Å². The molecule has 1 aromatic carbocycles. The zero-order valence-corrected chi connectivity index (χ0v) is 21.0. The summed E-state index contributed by atoms with van der Waals surface area (Å²) in [5.74, 6) is -0.307. The second-order valence-corrected chi connectivity index (χ2v) is 11.0. The zero-order chi connectivity index (χ0) is 28.5. The molecule has 10 nitrogen and oxygen atoms in total. The summed E-state index contributed by atoms with van der Waals surface area (Å²) in [6.07, 6.45) is -14.7.